The Bertz CT molecular complexity index is 619. The van der Waals surface area contributed by atoms with Crippen molar-refractivity contribution in [1.29, 1.82) is 0 Å². The van der Waals surface area contributed by atoms with Crippen molar-refractivity contribution in [1.82, 2.24) is 11.4 Å². The van der Waals surface area contributed by atoms with E-state index in [1.165, 1.54) is 0 Å². The maximum atomic E-state index is 12.8. The van der Waals surface area contributed by atoms with Gasteiger partial charge in [-0.1, -0.05) is 6.07 Å². The third-order valence-corrected chi connectivity index (χ3v) is 3.56. The summed E-state index contributed by atoms with van der Waals surface area (Å²) in [5, 5.41) is 0. The maximum absolute atomic E-state index is 12.8. The molecule has 0 aliphatic rings. The summed E-state index contributed by atoms with van der Waals surface area (Å²) in [5.74, 6) is -6.57. The van der Waals surface area contributed by atoms with Crippen LogP contribution >= 0.6 is 0 Å². The van der Waals surface area contributed by atoms with Crippen LogP contribution in [0.2, 0.25) is 0 Å². The summed E-state index contributed by atoms with van der Waals surface area (Å²) in [5.41, 5.74) is -0.974. The Labute approximate surface area is 115 Å². The van der Waals surface area contributed by atoms with Crippen LogP contribution in [-0.4, -0.2) is 32.4 Å². The van der Waals surface area contributed by atoms with E-state index in [1.807, 2.05) is 18.2 Å². The molecule has 0 aliphatic carbocycles. The molecule has 0 fully saturated rings. The Hall–Kier alpha value is -1.52. The van der Waals surface area contributed by atoms with Gasteiger partial charge in [0.05, 0.1) is 0 Å². The Morgan fingerprint density at radius 3 is 1.47 bits per heavy atom. The van der Waals surface area contributed by atoms with Crippen molar-refractivity contribution in [2.75, 3.05) is 0 Å². The van der Waals surface area contributed by atoms with Gasteiger partial charge in [-0.3, -0.25) is 4.98 Å². The molecule has 3 nitrogen and oxygen atoms in total. The Balaban J connectivity index is 0.000000186. The standard InChI is InChI=1S/C6F4N2Te.C5H5N/c7-1-2(8)4(10)6-5(3(1)9)11-13-12-6;1-2-4-6-5-3-1/h;1-5H. The number of nitrogens with zero attached hydrogens (tertiary/aromatic N) is 3. The van der Waals surface area contributed by atoms with Crippen molar-refractivity contribution < 1.29 is 17.6 Å². The van der Waals surface area contributed by atoms with Crippen molar-refractivity contribution in [3.63, 3.8) is 0 Å². The molecular formula is C11H5F4N3Te. The Morgan fingerprint density at radius 2 is 1.16 bits per heavy atom. The van der Waals surface area contributed by atoms with E-state index in [9.17, 15) is 17.6 Å². The van der Waals surface area contributed by atoms with Crippen molar-refractivity contribution in [3.05, 3.63) is 53.9 Å². The van der Waals surface area contributed by atoms with Crippen molar-refractivity contribution >= 4 is 32.0 Å². The summed E-state index contributed by atoms with van der Waals surface area (Å²) in [6, 6.07) is 5.72. The van der Waals surface area contributed by atoms with Gasteiger partial charge in [0, 0.05) is 12.4 Å². The van der Waals surface area contributed by atoms with Crippen LogP contribution < -0.4 is 0 Å². The van der Waals surface area contributed by atoms with E-state index >= 15 is 0 Å². The number of halogens is 4. The topological polar surface area (TPSA) is 38.7 Å². The molecule has 0 N–H and O–H groups in total. The smallest absolute Gasteiger partial charge is 0.0267 e. The summed E-state index contributed by atoms with van der Waals surface area (Å²) < 4.78 is 57.8. The second-order valence-corrected chi connectivity index (χ2v) is 4.75. The summed E-state index contributed by atoms with van der Waals surface area (Å²) >= 11 is -1.27. The van der Waals surface area contributed by atoms with E-state index in [-0.39, 0.29) is 0 Å². The van der Waals surface area contributed by atoms with Crippen LogP contribution in [0.3, 0.4) is 0 Å². The van der Waals surface area contributed by atoms with Crippen LogP contribution in [0.4, 0.5) is 17.6 Å². The normalized spacial score (nSPS) is 10.1. The minimum absolute atomic E-state index is 0.487. The van der Waals surface area contributed by atoms with E-state index < -0.39 is 55.3 Å². The predicted octanol–water partition coefficient (Wildman–Crippen LogP) is 2.32. The molecule has 0 radical (unpaired) electrons. The molecule has 3 aromatic rings. The van der Waals surface area contributed by atoms with Gasteiger partial charge in [0.1, 0.15) is 0 Å². The van der Waals surface area contributed by atoms with E-state index in [4.69, 9.17) is 0 Å². The first-order chi connectivity index (χ1) is 9.13. The quantitative estimate of drug-likeness (QED) is 0.259. The fourth-order valence-electron chi connectivity index (χ4n) is 1.19. The molecule has 0 spiro atoms. The number of hydrogen-bond donors (Lipinski definition) is 0. The summed E-state index contributed by atoms with van der Waals surface area (Å²) in [6.45, 7) is 0. The van der Waals surface area contributed by atoms with Crippen molar-refractivity contribution in [3.8, 4) is 0 Å². The number of hydrogen-bond acceptors (Lipinski definition) is 3. The average molecular weight is 383 g/mol. The average Bonchev–Trinajstić information content (AvgIpc) is 2.95. The molecule has 0 amide bonds. The zero-order valence-corrected chi connectivity index (χ0v) is 11.5. The van der Waals surface area contributed by atoms with Crippen LogP contribution in [0, 0.1) is 23.3 Å². The van der Waals surface area contributed by atoms with Gasteiger partial charge in [-0.05, 0) is 12.1 Å². The molecular weight excluding hydrogens is 378 g/mol. The Kier molecular flexibility index (Phi) is 4.45. The van der Waals surface area contributed by atoms with Crippen LogP contribution in [0.15, 0.2) is 30.6 Å². The number of aromatic nitrogens is 3. The van der Waals surface area contributed by atoms with Crippen molar-refractivity contribution in [2.24, 2.45) is 0 Å². The molecule has 2 aromatic heterocycles. The molecule has 2 heterocycles. The van der Waals surface area contributed by atoms with Gasteiger partial charge in [0.15, 0.2) is 0 Å². The van der Waals surface area contributed by atoms with E-state index in [1.54, 1.807) is 12.4 Å². The first kappa shape index (κ1) is 13.9. The third kappa shape index (κ3) is 2.91. The van der Waals surface area contributed by atoms with Gasteiger partial charge in [-0.2, -0.15) is 0 Å². The summed E-state index contributed by atoms with van der Waals surface area (Å²) in [7, 11) is 0. The molecule has 0 unspecified atom stereocenters. The largest absolute Gasteiger partial charge is 0.265 e. The van der Waals surface area contributed by atoms with Crippen LogP contribution in [0.5, 0.6) is 0 Å². The van der Waals surface area contributed by atoms with Crippen LogP contribution in [0.1, 0.15) is 0 Å². The Morgan fingerprint density at radius 1 is 0.684 bits per heavy atom. The first-order valence-corrected chi connectivity index (χ1v) is 7.00. The van der Waals surface area contributed by atoms with E-state index in [2.05, 4.69) is 11.4 Å². The molecule has 0 aliphatic heterocycles. The van der Waals surface area contributed by atoms with E-state index in [0.717, 1.165) is 0 Å². The monoisotopic (exact) mass is 385 g/mol. The fourth-order valence-corrected chi connectivity index (χ4v) is 2.72. The van der Waals surface area contributed by atoms with Gasteiger partial charge in [0.25, 0.3) is 0 Å². The molecule has 19 heavy (non-hydrogen) atoms. The van der Waals surface area contributed by atoms with Gasteiger partial charge in [-0.15, -0.1) is 0 Å². The summed E-state index contributed by atoms with van der Waals surface area (Å²) in [4.78, 5) is 3.78. The minimum atomic E-state index is -1.83. The summed E-state index contributed by atoms with van der Waals surface area (Å²) in [6.07, 6.45) is 3.50. The van der Waals surface area contributed by atoms with Crippen LogP contribution in [0.25, 0.3) is 11.0 Å². The van der Waals surface area contributed by atoms with Gasteiger partial charge >= 0.3 is 79.3 Å². The molecule has 98 valence electrons. The molecule has 1 aromatic carbocycles. The third-order valence-electron chi connectivity index (χ3n) is 2.05. The second-order valence-electron chi connectivity index (χ2n) is 3.24. The molecule has 0 bridgehead atoms. The number of benzene rings is 1. The van der Waals surface area contributed by atoms with Gasteiger partial charge in [-0.25, -0.2) is 0 Å². The molecule has 8 heteroatoms. The molecule has 0 saturated carbocycles. The number of fused-ring (bicyclic) bond motifs is 1. The zero-order chi connectivity index (χ0) is 13.8. The minimum Gasteiger partial charge on any atom is -0.265 e. The van der Waals surface area contributed by atoms with E-state index in [0.29, 0.717) is 0 Å². The van der Waals surface area contributed by atoms with Crippen LogP contribution in [-0.2, 0) is 0 Å². The SMILES string of the molecule is Fc1c(F)c(F)c2n[te]nc2c1F.c1ccncc1. The zero-order valence-electron chi connectivity index (χ0n) is 9.15. The van der Waals surface area contributed by atoms with Gasteiger partial charge < -0.3 is 0 Å². The predicted molar refractivity (Wildman–Crippen MR) is 60.5 cm³/mol. The number of pyridine rings is 1. The van der Waals surface area contributed by atoms with Gasteiger partial charge in [0.2, 0.25) is 0 Å². The van der Waals surface area contributed by atoms with Crippen molar-refractivity contribution in [2.45, 2.75) is 0 Å². The molecule has 3 rings (SSSR count). The molecule has 0 saturated heterocycles. The number of rotatable bonds is 0. The first-order valence-electron chi connectivity index (χ1n) is 4.92. The second kappa shape index (κ2) is 6.08. The fraction of sp³-hybridized carbons (Fsp3) is 0. The molecule has 0 atom stereocenters. The maximum Gasteiger partial charge on any atom is 0.0267 e.